The van der Waals surface area contributed by atoms with E-state index in [9.17, 15) is 9.18 Å². The smallest absolute Gasteiger partial charge is 0.298 e. The van der Waals surface area contributed by atoms with Crippen LogP contribution in [-0.2, 0) is 9.63 Å². The molecule has 3 rings (SSSR count). The molecule has 20 heavy (non-hydrogen) atoms. The molecule has 1 fully saturated rings. The van der Waals surface area contributed by atoms with Gasteiger partial charge in [0.1, 0.15) is 12.3 Å². The summed E-state index contributed by atoms with van der Waals surface area (Å²) in [5.41, 5.74) is 1.46. The van der Waals surface area contributed by atoms with Crippen LogP contribution in [0, 0.1) is 5.92 Å². The Hall–Kier alpha value is -2.11. The molecule has 0 saturated heterocycles. The van der Waals surface area contributed by atoms with Crippen LogP contribution in [0.5, 0.6) is 11.5 Å². The number of alkyl halides is 1. The van der Waals surface area contributed by atoms with Gasteiger partial charge in [-0.15, -0.1) is 0 Å². The van der Waals surface area contributed by atoms with E-state index in [2.05, 4.69) is 5.16 Å². The van der Waals surface area contributed by atoms with E-state index in [-0.39, 0.29) is 12.0 Å². The zero-order chi connectivity index (χ0) is 14.1. The lowest BCUT2D eigenvalue weighted by atomic mass is 9.94. The predicted octanol–water partition coefficient (Wildman–Crippen LogP) is 2.08. The first-order chi connectivity index (χ1) is 9.72. The molecule has 1 aliphatic carbocycles. The molecule has 3 atom stereocenters. The first-order valence-electron chi connectivity index (χ1n) is 6.39. The highest BCUT2D eigenvalue weighted by molar-refractivity contribution is 6.03. The lowest BCUT2D eigenvalue weighted by molar-refractivity contribution is -0.120. The van der Waals surface area contributed by atoms with Crippen molar-refractivity contribution >= 4 is 12.2 Å². The maximum absolute atomic E-state index is 13.4. The van der Waals surface area contributed by atoms with E-state index in [1.54, 1.807) is 18.2 Å². The van der Waals surface area contributed by atoms with Gasteiger partial charge in [0.2, 0.25) is 0 Å². The number of carbonyl (C=O) groups is 1. The second kappa shape index (κ2) is 5.11. The number of benzene rings is 1. The molecular formula is C14H14FNO4. The van der Waals surface area contributed by atoms with Gasteiger partial charge in [0.05, 0.1) is 12.8 Å². The summed E-state index contributed by atoms with van der Waals surface area (Å²) in [5.74, 6) is 0.718. The van der Waals surface area contributed by atoms with Gasteiger partial charge in [-0.05, 0) is 24.6 Å². The second-order valence-electron chi connectivity index (χ2n) is 4.88. The molecule has 0 bridgehead atoms. The number of methoxy groups -OCH3 is 1. The summed E-state index contributed by atoms with van der Waals surface area (Å²) in [5, 5.41) is 4.05. The quantitative estimate of drug-likeness (QED) is 0.792. The van der Waals surface area contributed by atoms with E-state index < -0.39 is 6.17 Å². The molecule has 1 aromatic carbocycles. The van der Waals surface area contributed by atoms with Crippen LogP contribution in [0.4, 0.5) is 4.39 Å². The van der Waals surface area contributed by atoms with E-state index in [0.29, 0.717) is 36.5 Å². The number of halogens is 1. The SMILES string of the molecule is COc1ccc(C2=NOC3CC(F)CC23)cc1OC=O. The lowest BCUT2D eigenvalue weighted by Crippen LogP contribution is -2.17. The minimum Gasteiger partial charge on any atom is -0.493 e. The Morgan fingerprint density at radius 1 is 1.40 bits per heavy atom. The zero-order valence-electron chi connectivity index (χ0n) is 10.9. The number of fused-ring (bicyclic) bond motifs is 1. The van der Waals surface area contributed by atoms with Crippen molar-refractivity contribution in [1.29, 1.82) is 0 Å². The Labute approximate surface area is 115 Å². The maximum atomic E-state index is 13.4. The summed E-state index contributed by atoms with van der Waals surface area (Å²) < 4.78 is 23.4. The fourth-order valence-corrected chi connectivity index (χ4v) is 2.78. The van der Waals surface area contributed by atoms with Crippen molar-refractivity contribution < 1.29 is 23.5 Å². The third-order valence-electron chi connectivity index (χ3n) is 3.72. The summed E-state index contributed by atoms with van der Waals surface area (Å²) in [7, 11) is 1.49. The average molecular weight is 279 g/mol. The fraction of sp³-hybridized carbons (Fsp3) is 0.429. The highest BCUT2D eigenvalue weighted by Crippen LogP contribution is 2.39. The van der Waals surface area contributed by atoms with Crippen LogP contribution in [0.3, 0.4) is 0 Å². The number of hydrogen-bond donors (Lipinski definition) is 0. The van der Waals surface area contributed by atoms with Crippen molar-refractivity contribution in [3.63, 3.8) is 0 Å². The number of rotatable bonds is 4. The van der Waals surface area contributed by atoms with Crippen molar-refractivity contribution in [3.05, 3.63) is 23.8 Å². The fourth-order valence-electron chi connectivity index (χ4n) is 2.78. The van der Waals surface area contributed by atoms with Crippen molar-refractivity contribution in [2.24, 2.45) is 11.1 Å². The molecule has 0 amide bonds. The van der Waals surface area contributed by atoms with Gasteiger partial charge in [0.25, 0.3) is 6.47 Å². The first-order valence-corrected chi connectivity index (χ1v) is 6.39. The highest BCUT2D eigenvalue weighted by atomic mass is 19.1. The van der Waals surface area contributed by atoms with E-state index in [1.807, 2.05) is 0 Å². The van der Waals surface area contributed by atoms with Gasteiger partial charge in [-0.3, -0.25) is 4.79 Å². The molecule has 0 aromatic heterocycles. The lowest BCUT2D eigenvalue weighted by Gasteiger charge is -2.11. The average Bonchev–Trinajstić information content (AvgIpc) is 2.98. The van der Waals surface area contributed by atoms with Crippen LogP contribution < -0.4 is 9.47 Å². The monoisotopic (exact) mass is 279 g/mol. The van der Waals surface area contributed by atoms with Crippen molar-refractivity contribution in [3.8, 4) is 11.5 Å². The molecular weight excluding hydrogens is 265 g/mol. The summed E-state index contributed by atoms with van der Waals surface area (Å²) in [6, 6.07) is 5.14. The number of carbonyl (C=O) groups excluding carboxylic acids is 1. The van der Waals surface area contributed by atoms with E-state index in [0.717, 1.165) is 5.56 Å². The third kappa shape index (κ3) is 2.11. The molecule has 1 aliphatic heterocycles. The van der Waals surface area contributed by atoms with Gasteiger partial charge in [0, 0.05) is 17.9 Å². The Morgan fingerprint density at radius 3 is 3.00 bits per heavy atom. The largest absolute Gasteiger partial charge is 0.493 e. The van der Waals surface area contributed by atoms with Gasteiger partial charge in [-0.2, -0.15) is 0 Å². The van der Waals surface area contributed by atoms with E-state index in [4.69, 9.17) is 14.3 Å². The molecule has 0 N–H and O–H groups in total. The van der Waals surface area contributed by atoms with Gasteiger partial charge in [0.15, 0.2) is 11.5 Å². The van der Waals surface area contributed by atoms with Crippen LogP contribution in [-0.4, -0.2) is 31.6 Å². The van der Waals surface area contributed by atoms with Crippen LogP contribution in [0.1, 0.15) is 18.4 Å². The number of oxime groups is 1. The van der Waals surface area contributed by atoms with Gasteiger partial charge >= 0.3 is 0 Å². The molecule has 1 aromatic rings. The van der Waals surface area contributed by atoms with Gasteiger partial charge < -0.3 is 14.3 Å². The van der Waals surface area contributed by atoms with Crippen LogP contribution >= 0.6 is 0 Å². The number of hydrogen-bond acceptors (Lipinski definition) is 5. The summed E-state index contributed by atoms with van der Waals surface area (Å²) in [6.45, 7) is 0.338. The maximum Gasteiger partial charge on any atom is 0.298 e. The highest BCUT2D eigenvalue weighted by Gasteiger charge is 2.43. The third-order valence-corrected chi connectivity index (χ3v) is 3.72. The van der Waals surface area contributed by atoms with Gasteiger partial charge in [-0.1, -0.05) is 5.16 Å². The van der Waals surface area contributed by atoms with Crippen LogP contribution in [0.2, 0.25) is 0 Å². The number of ether oxygens (including phenoxy) is 2. The van der Waals surface area contributed by atoms with Crippen LogP contribution in [0.25, 0.3) is 0 Å². The summed E-state index contributed by atoms with van der Waals surface area (Å²) >= 11 is 0. The molecule has 0 spiro atoms. The minimum absolute atomic E-state index is 0.0394. The normalized spacial score (nSPS) is 27.5. The zero-order valence-corrected chi connectivity index (χ0v) is 10.9. The van der Waals surface area contributed by atoms with Crippen molar-refractivity contribution in [2.45, 2.75) is 25.1 Å². The van der Waals surface area contributed by atoms with Gasteiger partial charge in [-0.25, -0.2) is 4.39 Å². The molecule has 6 heteroatoms. The van der Waals surface area contributed by atoms with Crippen molar-refractivity contribution in [1.82, 2.24) is 0 Å². The second-order valence-corrected chi connectivity index (χ2v) is 4.88. The number of nitrogens with zero attached hydrogens (tertiary/aromatic N) is 1. The van der Waals surface area contributed by atoms with Crippen molar-refractivity contribution in [2.75, 3.05) is 7.11 Å². The molecule has 2 aliphatic rings. The Morgan fingerprint density at radius 2 is 2.25 bits per heavy atom. The Bertz CT molecular complexity index is 560. The minimum atomic E-state index is -0.848. The van der Waals surface area contributed by atoms with E-state index in [1.165, 1.54) is 7.11 Å². The summed E-state index contributed by atoms with van der Waals surface area (Å²) in [4.78, 5) is 15.8. The predicted molar refractivity (Wildman–Crippen MR) is 68.7 cm³/mol. The topological polar surface area (TPSA) is 57.1 Å². The Kier molecular flexibility index (Phi) is 3.30. The molecule has 1 saturated carbocycles. The molecule has 5 nitrogen and oxygen atoms in total. The molecule has 0 radical (unpaired) electrons. The van der Waals surface area contributed by atoms with E-state index >= 15 is 0 Å². The Balaban J connectivity index is 1.91. The molecule has 1 heterocycles. The van der Waals surface area contributed by atoms with Crippen LogP contribution in [0.15, 0.2) is 23.4 Å². The summed E-state index contributed by atoms with van der Waals surface area (Å²) in [6.07, 6.45) is -0.234. The standard InChI is InChI=1S/C14H14FNO4/c1-18-11-3-2-8(4-13(11)19-7-17)14-10-5-9(15)6-12(10)20-16-14/h2-4,7,9-10,12H,5-6H2,1H3. The first kappa shape index (κ1) is 12.9. The molecule has 106 valence electrons. The molecule has 3 unspecified atom stereocenters.